The number of morpholine rings is 1. The summed E-state index contributed by atoms with van der Waals surface area (Å²) >= 11 is 0. The first-order valence-electron chi connectivity index (χ1n) is 7.28. The van der Waals surface area contributed by atoms with Gasteiger partial charge < -0.3 is 9.84 Å². The van der Waals surface area contributed by atoms with Gasteiger partial charge in [0.1, 0.15) is 0 Å². The summed E-state index contributed by atoms with van der Waals surface area (Å²) in [5.74, 6) is -0.892. The number of carbonyl (C=O) groups is 1. The Morgan fingerprint density at radius 2 is 2.27 bits per heavy atom. The van der Waals surface area contributed by atoms with Crippen molar-refractivity contribution in [2.75, 3.05) is 19.7 Å². The number of nitrogens with zero attached hydrogens (tertiary/aromatic N) is 2. The standard InChI is InChI=1S/C17H18N2O3/c20-17(21)14-4-1-3-13(9-14)11-19-7-8-22-16(12-19)15-5-2-6-18-10-15/h1-6,9-10,16H,7-8,11-12H2,(H,20,21). The lowest BCUT2D eigenvalue weighted by atomic mass is 10.1. The molecule has 0 saturated carbocycles. The number of aromatic carboxylic acids is 1. The van der Waals surface area contributed by atoms with Crippen molar-refractivity contribution in [3.63, 3.8) is 0 Å². The van der Waals surface area contributed by atoms with Crippen LogP contribution in [0, 0.1) is 0 Å². The monoisotopic (exact) mass is 298 g/mol. The summed E-state index contributed by atoms with van der Waals surface area (Å²) < 4.78 is 5.82. The molecule has 0 bridgehead atoms. The Labute approximate surface area is 129 Å². The normalized spacial score (nSPS) is 19.0. The van der Waals surface area contributed by atoms with Crippen LogP contribution in [0.5, 0.6) is 0 Å². The summed E-state index contributed by atoms with van der Waals surface area (Å²) in [5.41, 5.74) is 2.41. The Bertz CT molecular complexity index is 645. The van der Waals surface area contributed by atoms with Gasteiger partial charge in [-0.25, -0.2) is 4.79 Å². The average molecular weight is 298 g/mol. The Kier molecular flexibility index (Phi) is 4.46. The Balaban J connectivity index is 1.68. The van der Waals surface area contributed by atoms with Crippen LogP contribution in [0.3, 0.4) is 0 Å². The molecule has 1 N–H and O–H groups in total. The molecule has 5 heteroatoms. The summed E-state index contributed by atoms with van der Waals surface area (Å²) in [7, 11) is 0. The lowest BCUT2D eigenvalue weighted by molar-refractivity contribution is -0.0330. The highest BCUT2D eigenvalue weighted by molar-refractivity contribution is 5.87. The quantitative estimate of drug-likeness (QED) is 0.939. The number of hydrogen-bond donors (Lipinski definition) is 1. The second-order valence-corrected chi connectivity index (χ2v) is 5.39. The molecule has 1 atom stereocenters. The van der Waals surface area contributed by atoms with Gasteiger partial charge in [-0.2, -0.15) is 0 Å². The molecular formula is C17H18N2O3. The van der Waals surface area contributed by atoms with E-state index in [0.29, 0.717) is 12.2 Å². The Hall–Kier alpha value is -2.24. The number of hydrogen-bond acceptors (Lipinski definition) is 4. The predicted molar refractivity (Wildman–Crippen MR) is 81.6 cm³/mol. The molecular weight excluding hydrogens is 280 g/mol. The van der Waals surface area contributed by atoms with Gasteiger partial charge in [-0.3, -0.25) is 9.88 Å². The summed E-state index contributed by atoms with van der Waals surface area (Å²) in [4.78, 5) is 17.5. The van der Waals surface area contributed by atoms with Crippen LogP contribution in [0.25, 0.3) is 0 Å². The van der Waals surface area contributed by atoms with Gasteiger partial charge >= 0.3 is 5.97 Å². The van der Waals surface area contributed by atoms with Gasteiger partial charge in [0.15, 0.2) is 0 Å². The lowest BCUT2D eigenvalue weighted by Crippen LogP contribution is -2.37. The van der Waals surface area contributed by atoms with Gasteiger partial charge in [-0.15, -0.1) is 0 Å². The summed E-state index contributed by atoms with van der Waals surface area (Å²) in [6, 6.07) is 11.0. The van der Waals surface area contributed by atoms with Gasteiger partial charge in [-0.05, 0) is 23.8 Å². The number of aromatic nitrogens is 1. The highest BCUT2D eigenvalue weighted by Crippen LogP contribution is 2.22. The zero-order chi connectivity index (χ0) is 15.4. The van der Waals surface area contributed by atoms with Crippen molar-refractivity contribution >= 4 is 5.97 Å². The van der Waals surface area contributed by atoms with E-state index < -0.39 is 5.97 Å². The van der Waals surface area contributed by atoms with Crippen molar-refractivity contribution in [2.45, 2.75) is 12.6 Å². The average Bonchev–Trinajstić information content (AvgIpc) is 2.56. The molecule has 2 heterocycles. The molecule has 3 rings (SSSR count). The molecule has 0 spiro atoms. The fourth-order valence-electron chi connectivity index (χ4n) is 2.68. The van der Waals surface area contributed by atoms with E-state index in [0.717, 1.165) is 30.8 Å². The smallest absolute Gasteiger partial charge is 0.335 e. The number of pyridine rings is 1. The number of benzene rings is 1. The fourth-order valence-corrected chi connectivity index (χ4v) is 2.68. The lowest BCUT2D eigenvalue weighted by Gasteiger charge is -2.33. The van der Waals surface area contributed by atoms with Gasteiger partial charge in [0, 0.05) is 37.6 Å². The zero-order valence-electron chi connectivity index (χ0n) is 12.2. The van der Waals surface area contributed by atoms with Crippen molar-refractivity contribution in [3.05, 3.63) is 65.5 Å². The predicted octanol–water partition coefficient (Wildman–Crippen LogP) is 2.35. The Morgan fingerprint density at radius 1 is 1.36 bits per heavy atom. The number of carboxylic acids is 1. The molecule has 1 fully saturated rings. The number of ether oxygens (including phenoxy) is 1. The maximum absolute atomic E-state index is 11.0. The van der Waals surface area contributed by atoms with Crippen molar-refractivity contribution in [2.24, 2.45) is 0 Å². The van der Waals surface area contributed by atoms with E-state index in [1.165, 1.54) is 0 Å². The van der Waals surface area contributed by atoms with E-state index in [1.54, 1.807) is 24.4 Å². The van der Waals surface area contributed by atoms with Crippen LogP contribution < -0.4 is 0 Å². The molecule has 1 unspecified atom stereocenters. The van der Waals surface area contributed by atoms with Crippen molar-refractivity contribution < 1.29 is 14.6 Å². The molecule has 1 aliphatic heterocycles. The summed E-state index contributed by atoms with van der Waals surface area (Å²) in [6.45, 7) is 3.01. The van der Waals surface area contributed by atoms with E-state index in [9.17, 15) is 4.79 Å². The van der Waals surface area contributed by atoms with E-state index in [4.69, 9.17) is 9.84 Å². The van der Waals surface area contributed by atoms with Crippen LogP contribution in [-0.2, 0) is 11.3 Å². The van der Waals surface area contributed by atoms with E-state index in [1.807, 2.05) is 24.4 Å². The minimum atomic E-state index is -0.892. The van der Waals surface area contributed by atoms with Crippen molar-refractivity contribution in [1.82, 2.24) is 9.88 Å². The van der Waals surface area contributed by atoms with Gasteiger partial charge in [-0.1, -0.05) is 18.2 Å². The SMILES string of the molecule is O=C(O)c1cccc(CN2CCOC(c3cccnc3)C2)c1. The third-order valence-corrected chi connectivity index (χ3v) is 3.79. The summed E-state index contributed by atoms with van der Waals surface area (Å²) in [5, 5.41) is 9.07. The minimum absolute atomic E-state index is 0.0186. The zero-order valence-corrected chi connectivity index (χ0v) is 12.2. The van der Waals surface area contributed by atoms with E-state index >= 15 is 0 Å². The van der Waals surface area contributed by atoms with Crippen LogP contribution in [0.1, 0.15) is 27.6 Å². The first-order chi connectivity index (χ1) is 10.7. The second-order valence-electron chi connectivity index (χ2n) is 5.39. The molecule has 1 aliphatic rings. The van der Waals surface area contributed by atoms with Crippen molar-refractivity contribution in [1.29, 1.82) is 0 Å². The van der Waals surface area contributed by atoms with Gasteiger partial charge in [0.05, 0.1) is 18.3 Å². The first kappa shape index (κ1) is 14.7. The van der Waals surface area contributed by atoms with Crippen LogP contribution in [-0.4, -0.2) is 40.7 Å². The van der Waals surface area contributed by atoms with Crippen LogP contribution in [0.2, 0.25) is 0 Å². The van der Waals surface area contributed by atoms with Crippen LogP contribution in [0.4, 0.5) is 0 Å². The highest BCUT2D eigenvalue weighted by atomic mass is 16.5. The third-order valence-electron chi connectivity index (χ3n) is 3.79. The van der Waals surface area contributed by atoms with E-state index in [2.05, 4.69) is 9.88 Å². The molecule has 114 valence electrons. The molecule has 0 radical (unpaired) electrons. The van der Waals surface area contributed by atoms with Crippen LogP contribution >= 0.6 is 0 Å². The maximum Gasteiger partial charge on any atom is 0.335 e. The molecule has 0 amide bonds. The van der Waals surface area contributed by atoms with E-state index in [-0.39, 0.29) is 6.10 Å². The number of rotatable bonds is 4. The molecule has 0 aliphatic carbocycles. The Morgan fingerprint density at radius 3 is 3.05 bits per heavy atom. The number of carboxylic acid groups (broad SMARTS) is 1. The van der Waals surface area contributed by atoms with Crippen molar-refractivity contribution in [3.8, 4) is 0 Å². The van der Waals surface area contributed by atoms with Gasteiger partial charge in [0.25, 0.3) is 0 Å². The molecule has 1 aromatic carbocycles. The minimum Gasteiger partial charge on any atom is -0.478 e. The fraction of sp³-hybridized carbons (Fsp3) is 0.294. The van der Waals surface area contributed by atoms with Gasteiger partial charge in [0.2, 0.25) is 0 Å². The molecule has 1 saturated heterocycles. The highest BCUT2D eigenvalue weighted by Gasteiger charge is 2.22. The summed E-state index contributed by atoms with van der Waals surface area (Å²) in [6.07, 6.45) is 3.60. The second kappa shape index (κ2) is 6.68. The molecule has 1 aromatic heterocycles. The largest absolute Gasteiger partial charge is 0.478 e. The topological polar surface area (TPSA) is 62.7 Å². The maximum atomic E-state index is 11.0. The van der Waals surface area contributed by atoms with Crippen LogP contribution in [0.15, 0.2) is 48.8 Å². The molecule has 2 aromatic rings. The molecule has 5 nitrogen and oxygen atoms in total. The third kappa shape index (κ3) is 3.50. The first-order valence-corrected chi connectivity index (χ1v) is 7.28. The molecule has 22 heavy (non-hydrogen) atoms.